The number of nitrogens with one attached hydrogen (secondary N) is 3. The molecule has 1 aromatic heterocycles. The molecule has 0 spiro atoms. The molecule has 124 valence electrons. The number of carbonyl (C=O) groups excluding carboxylic acids is 2. The van der Waals surface area contributed by atoms with Crippen molar-refractivity contribution in [2.24, 2.45) is 0 Å². The predicted molar refractivity (Wildman–Crippen MR) is 93.7 cm³/mol. The highest BCUT2D eigenvalue weighted by Crippen LogP contribution is 2.12. The number of benzene rings is 1. The number of carbonyl (C=O) groups is 2. The average Bonchev–Trinajstić information content (AvgIpc) is 2.59. The number of pyridine rings is 1. The Kier molecular flexibility index (Phi) is 6.08. The summed E-state index contributed by atoms with van der Waals surface area (Å²) in [5.41, 5.74) is 2.96. The fourth-order valence-electron chi connectivity index (χ4n) is 1.94. The van der Waals surface area contributed by atoms with Gasteiger partial charge in [0.1, 0.15) is 0 Å². The number of urea groups is 1. The standard InChI is InChI=1S/C18H20N4O2/c1-13(2)11-20-18(24)21-12-14-4-3-5-16(10-14)22-17(23)15-6-8-19-9-7-15/h3-10H,1,11-12H2,2H3,(H,22,23)(H2,20,21,24). The van der Waals surface area contributed by atoms with Gasteiger partial charge in [-0.25, -0.2) is 4.79 Å². The number of rotatable bonds is 6. The maximum atomic E-state index is 12.1. The molecule has 0 aliphatic rings. The van der Waals surface area contributed by atoms with Crippen molar-refractivity contribution >= 4 is 17.6 Å². The van der Waals surface area contributed by atoms with Crippen molar-refractivity contribution in [1.29, 1.82) is 0 Å². The summed E-state index contributed by atoms with van der Waals surface area (Å²) in [4.78, 5) is 27.6. The van der Waals surface area contributed by atoms with Crippen molar-refractivity contribution in [3.8, 4) is 0 Å². The van der Waals surface area contributed by atoms with Crippen LogP contribution in [0.15, 0.2) is 60.9 Å². The summed E-state index contributed by atoms with van der Waals surface area (Å²) < 4.78 is 0. The molecule has 2 rings (SSSR count). The van der Waals surface area contributed by atoms with Crippen LogP contribution in [0.25, 0.3) is 0 Å². The predicted octanol–water partition coefficient (Wildman–Crippen LogP) is 2.71. The first-order valence-corrected chi connectivity index (χ1v) is 7.51. The summed E-state index contributed by atoms with van der Waals surface area (Å²) in [5, 5.41) is 8.27. The Balaban J connectivity index is 1.90. The monoisotopic (exact) mass is 324 g/mol. The molecule has 0 radical (unpaired) electrons. The SMILES string of the molecule is C=C(C)CNC(=O)NCc1cccc(NC(=O)c2ccncc2)c1. The van der Waals surface area contributed by atoms with Crippen LogP contribution >= 0.6 is 0 Å². The van der Waals surface area contributed by atoms with Crippen molar-refractivity contribution in [1.82, 2.24) is 15.6 Å². The van der Waals surface area contributed by atoms with Crippen molar-refractivity contribution in [2.45, 2.75) is 13.5 Å². The lowest BCUT2D eigenvalue weighted by atomic mass is 10.2. The number of anilines is 1. The van der Waals surface area contributed by atoms with E-state index >= 15 is 0 Å². The van der Waals surface area contributed by atoms with Gasteiger partial charge in [0.25, 0.3) is 5.91 Å². The van der Waals surface area contributed by atoms with Crippen LogP contribution in [-0.4, -0.2) is 23.5 Å². The largest absolute Gasteiger partial charge is 0.334 e. The fourth-order valence-corrected chi connectivity index (χ4v) is 1.94. The van der Waals surface area contributed by atoms with Crippen LogP contribution in [0.2, 0.25) is 0 Å². The van der Waals surface area contributed by atoms with E-state index in [0.29, 0.717) is 24.3 Å². The third kappa shape index (κ3) is 5.57. The van der Waals surface area contributed by atoms with E-state index in [9.17, 15) is 9.59 Å². The van der Waals surface area contributed by atoms with Gasteiger partial charge in [0.05, 0.1) is 0 Å². The Hall–Kier alpha value is -3.15. The molecule has 0 unspecified atom stereocenters. The molecule has 1 heterocycles. The Morgan fingerprint density at radius 2 is 1.88 bits per heavy atom. The molecule has 6 heteroatoms. The number of hydrogen-bond acceptors (Lipinski definition) is 3. The topological polar surface area (TPSA) is 83.1 Å². The van der Waals surface area contributed by atoms with Crippen molar-refractivity contribution in [3.05, 3.63) is 72.1 Å². The molecule has 0 fully saturated rings. The number of hydrogen-bond donors (Lipinski definition) is 3. The van der Waals surface area contributed by atoms with E-state index in [1.807, 2.05) is 25.1 Å². The summed E-state index contributed by atoms with van der Waals surface area (Å²) in [6, 6.07) is 10.3. The van der Waals surface area contributed by atoms with E-state index in [4.69, 9.17) is 0 Å². The Bertz CT molecular complexity index is 729. The van der Waals surface area contributed by atoms with Gasteiger partial charge < -0.3 is 16.0 Å². The van der Waals surface area contributed by atoms with Gasteiger partial charge in [0.15, 0.2) is 0 Å². The minimum Gasteiger partial charge on any atom is -0.334 e. The van der Waals surface area contributed by atoms with Gasteiger partial charge in [-0.2, -0.15) is 0 Å². The summed E-state index contributed by atoms with van der Waals surface area (Å²) in [5.74, 6) is -0.207. The molecule has 0 saturated heterocycles. The van der Waals surface area contributed by atoms with Crippen molar-refractivity contribution in [2.75, 3.05) is 11.9 Å². The smallest absolute Gasteiger partial charge is 0.315 e. The van der Waals surface area contributed by atoms with E-state index in [1.54, 1.807) is 30.6 Å². The van der Waals surface area contributed by atoms with Gasteiger partial charge >= 0.3 is 6.03 Å². The molecule has 0 aliphatic carbocycles. The van der Waals surface area contributed by atoms with Crippen LogP contribution in [0, 0.1) is 0 Å². The van der Waals surface area contributed by atoms with Crippen LogP contribution in [0.5, 0.6) is 0 Å². The zero-order valence-electron chi connectivity index (χ0n) is 13.5. The molecule has 0 atom stereocenters. The Morgan fingerprint density at radius 3 is 2.58 bits per heavy atom. The second-order valence-electron chi connectivity index (χ2n) is 5.38. The van der Waals surface area contributed by atoms with E-state index in [1.165, 1.54) is 0 Å². The molecule has 3 N–H and O–H groups in total. The molecule has 2 aromatic rings. The summed E-state index contributed by atoms with van der Waals surface area (Å²) in [6.45, 7) is 6.37. The minimum atomic E-state index is -0.260. The Morgan fingerprint density at radius 1 is 1.12 bits per heavy atom. The summed E-state index contributed by atoms with van der Waals surface area (Å²) in [6.07, 6.45) is 3.14. The first-order chi connectivity index (χ1) is 11.5. The normalized spacial score (nSPS) is 9.88. The van der Waals surface area contributed by atoms with Gasteiger partial charge in [-0.3, -0.25) is 9.78 Å². The summed E-state index contributed by atoms with van der Waals surface area (Å²) >= 11 is 0. The van der Waals surface area contributed by atoms with Gasteiger partial charge in [-0.1, -0.05) is 24.3 Å². The highest BCUT2D eigenvalue weighted by molar-refractivity contribution is 6.04. The molecule has 0 aliphatic heterocycles. The lowest BCUT2D eigenvalue weighted by Gasteiger charge is -2.09. The molecule has 3 amide bonds. The number of amides is 3. The van der Waals surface area contributed by atoms with Gasteiger partial charge in [0.2, 0.25) is 0 Å². The maximum absolute atomic E-state index is 12.1. The third-order valence-corrected chi connectivity index (χ3v) is 3.13. The van der Waals surface area contributed by atoms with Crippen molar-refractivity contribution < 1.29 is 9.59 Å². The molecular weight excluding hydrogens is 304 g/mol. The van der Waals surface area contributed by atoms with Gasteiger partial charge in [-0.15, -0.1) is 0 Å². The summed E-state index contributed by atoms with van der Waals surface area (Å²) in [7, 11) is 0. The second-order valence-corrected chi connectivity index (χ2v) is 5.38. The van der Waals surface area contributed by atoms with Crippen LogP contribution in [-0.2, 0) is 6.54 Å². The zero-order chi connectivity index (χ0) is 17.4. The second kappa shape index (κ2) is 8.47. The van der Waals surface area contributed by atoms with Crippen molar-refractivity contribution in [3.63, 3.8) is 0 Å². The molecule has 1 aromatic carbocycles. The molecule has 0 saturated carbocycles. The highest BCUT2D eigenvalue weighted by Gasteiger charge is 2.06. The highest BCUT2D eigenvalue weighted by atomic mass is 16.2. The third-order valence-electron chi connectivity index (χ3n) is 3.13. The molecule has 6 nitrogen and oxygen atoms in total. The van der Waals surface area contributed by atoms with E-state index in [-0.39, 0.29) is 11.9 Å². The fraction of sp³-hybridized carbons (Fsp3) is 0.167. The van der Waals surface area contributed by atoms with E-state index < -0.39 is 0 Å². The number of aromatic nitrogens is 1. The number of nitrogens with zero attached hydrogens (tertiary/aromatic N) is 1. The Labute approximate surface area is 141 Å². The van der Waals surface area contributed by atoms with Gasteiger partial charge in [0, 0.05) is 36.7 Å². The lowest BCUT2D eigenvalue weighted by Crippen LogP contribution is -2.35. The van der Waals surface area contributed by atoms with Crippen LogP contribution in [0.1, 0.15) is 22.8 Å². The van der Waals surface area contributed by atoms with E-state index in [0.717, 1.165) is 11.1 Å². The maximum Gasteiger partial charge on any atom is 0.315 e. The van der Waals surface area contributed by atoms with Gasteiger partial charge in [-0.05, 0) is 36.8 Å². The van der Waals surface area contributed by atoms with Crippen LogP contribution < -0.4 is 16.0 Å². The van der Waals surface area contributed by atoms with Crippen LogP contribution in [0.3, 0.4) is 0 Å². The zero-order valence-corrected chi connectivity index (χ0v) is 13.5. The van der Waals surface area contributed by atoms with Crippen LogP contribution in [0.4, 0.5) is 10.5 Å². The molecule has 24 heavy (non-hydrogen) atoms. The molecule has 0 bridgehead atoms. The quantitative estimate of drug-likeness (QED) is 0.714. The first-order valence-electron chi connectivity index (χ1n) is 7.51. The first kappa shape index (κ1) is 17.2. The minimum absolute atomic E-state index is 0.207. The lowest BCUT2D eigenvalue weighted by molar-refractivity contribution is 0.102. The molecular formula is C18H20N4O2. The van der Waals surface area contributed by atoms with E-state index in [2.05, 4.69) is 27.5 Å². The average molecular weight is 324 g/mol.